The fraction of sp³-hybridized carbons (Fsp3) is 0.611. The summed E-state index contributed by atoms with van der Waals surface area (Å²) >= 11 is 0. The minimum absolute atomic E-state index is 0.110. The molecule has 1 fully saturated rings. The summed E-state index contributed by atoms with van der Waals surface area (Å²) in [6, 6.07) is 6.66. The van der Waals surface area contributed by atoms with Crippen LogP contribution in [0.5, 0.6) is 0 Å². The Morgan fingerprint density at radius 3 is 2.32 bits per heavy atom. The van der Waals surface area contributed by atoms with E-state index in [4.69, 9.17) is 0 Å². The lowest BCUT2D eigenvalue weighted by atomic mass is 10.2. The van der Waals surface area contributed by atoms with E-state index >= 15 is 0 Å². The monoisotopic (exact) mass is 368 g/mol. The molecule has 0 spiro atoms. The molecular weight excluding hydrogens is 338 g/mol. The molecule has 0 unspecified atom stereocenters. The molecule has 6 nitrogen and oxygen atoms in total. The number of sulfonamides is 1. The lowest BCUT2D eigenvalue weighted by Gasteiger charge is -2.17. The number of benzene rings is 1. The van der Waals surface area contributed by atoms with E-state index in [9.17, 15) is 13.2 Å². The Balaban J connectivity index is 1.65. The maximum absolute atomic E-state index is 12.1. The number of aryl methyl sites for hydroxylation is 1. The normalized spacial score (nSPS) is 16.4. The molecule has 7 heteroatoms. The Labute approximate surface area is 151 Å². The van der Waals surface area contributed by atoms with Crippen LogP contribution in [0.25, 0.3) is 0 Å². The van der Waals surface area contributed by atoms with Crippen molar-refractivity contribution in [2.45, 2.75) is 43.9 Å². The molecule has 0 atom stereocenters. The van der Waals surface area contributed by atoms with Crippen LogP contribution in [0.4, 0.5) is 0 Å². The fourth-order valence-electron chi connectivity index (χ4n) is 3.05. The van der Waals surface area contributed by atoms with E-state index in [0.717, 1.165) is 12.1 Å². The van der Waals surface area contributed by atoms with Crippen molar-refractivity contribution < 1.29 is 18.1 Å². The number of likely N-dealkylation sites (tertiary alicyclic amines) is 1. The highest BCUT2D eigenvalue weighted by molar-refractivity contribution is 7.89. The summed E-state index contributed by atoms with van der Waals surface area (Å²) < 4.78 is 26.7. The standard InChI is InChI=1S/C18H29N3O3S/c1-16-6-8-17(9-7-16)25(23,24)20-11-10-18(22)19-12-15-21-13-4-2-3-5-14-21/h6-9,20H,2-5,10-15H2,1H3,(H,19,22)/p+1. The van der Waals surface area contributed by atoms with Gasteiger partial charge in [-0.3, -0.25) is 4.79 Å². The summed E-state index contributed by atoms with van der Waals surface area (Å²) in [5, 5.41) is 2.89. The van der Waals surface area contributed by atoms with Gasteiger partial charge in [-0.05, 0) is 44.7 Å². The Bertz CT molecular complexity index is 636. The minimum Gasteiger partial charge on any atom is -0.350 e. The molecule has 0 bridgehead atoms. The number of hydrogen-bond donors (Lipinski definition) is 3. The smallest absolute Gasteiger partial charge is 0.240 e. The van der Waals surface area contributed by atoms with Gasteiger partial charge in [0.05, 0.1) is 31.1 Å². The summed E-state index contributed by atoms with van der Waals surface area (Å²) in [6.45, 7) is 5.98. The molecule has 0 radical (unpaired) electrons. The second-order valence-corrected chi connectivity index (χ2v) is 8.49. The van der Waals surface area contributed by atoms with Gasteiger partial charge in [-0.1, -0.05) is 17.7 Å². The number of nitrogens with one attached hydrogen (secondary N) is 3. The average molecular weight is 369 g/mol. The number of carbonyl (C=O) groups excluding carboxylic acids is 1. The maximum atomic E-state index is 12.1. The average Bonchev–Trinajstić information content (AvgIpc) is 2.84. The lowest BCUT2D eigenvalue weighted by Crippen LogP contribution is -3.12. The van der Waals surface area contributed by atoms with Crippen molar-refractivity contribution in [3.05, 3.63) is 29.8 Å². The van der Waals surface area contributed by atoms with Gasteiger partial charge in [0.15, 0.2) is 0 Å². The molecule has 0 saturated carbocycles. The highest BCUT2D eigenvalue weighted by atomic mass is 32.2. The van der Waals surface area contributed by atoms with Crippen LogP contribution >= 0.6 is 0 Å². The highest BCUT2D eigenvalue weighted by Gasteiger charge is 2.15. The van der Waals surface area contributed by atoms with Crippen molar-refractivity contribution in [3.63, 3.8) is 0 Å². The first-order chi connectivity index (χ1) is 12.0. The molecule has 1 heterocycles. The van der Waals surface area contributed by atoms with E-state index < -0.39 is 10.0 Å². The zero-order valence-corrected chi connectivity index (χ0v) is 15.8. The molecule has 1 aliphatic rings. The first-order valence-corrected chi connectivity index (χ1v) is 10.6. The van der Waals surface area contributed by atoms with Crippen LogP contribution in [0.15, 0.2) is 29.2 Å². The van der Waals surface area contributed by atoms with Crippen molar-refractivity contribution in [1.82, 2.24) is 10.0 Å². The van der Waals surface area contributed by atoms with Gasteiger partial charge in [0.25, 0.3) is 0 Å². The Kier molecular flexibility index (Phi) is 7.87. The Hall–Kier alpha value is -1.44. The third-order valence-electron chi connectivity index (χ3n) is 4.59. The predicted octanol–water partition coefficient (Wildman–Crippen LogP) is 0.239. The van der Waals surface area contributed by atoms with Gasteiger partial charge in [0, 0.05) is 13.0 Å². The lowest BCUT2D eigenvalue weighted by molar-refractivity contribution is -0.898. The molecule has 140 valence electrons. The van der Waals surface area contributed by atoms with Crippen LogP contribution < -0.4 is 14.9 Å². The molecular formula is C18H30N3O3S+. The number of hydrogen-bond acceptors (Lipinski definition) is 3. The topological polar surface area (TPSA) is 79.7 Å². The van der Waals surface area contributed by atoms with Gasteiger partial charge in [-0.15, -0.1) is 0 Å². The van der Waals surface area contributed by atoms with E-state index in [1.54, 1.807) is 29.2 Å². The van der Waals surface area contributed by atoms with Crippen molar-refractivity contribution in [1.29, 1.82) is 0 Å². The maximum Gasteiger partial charge on any atom is 0.240 e. The zero-order chi connectivity index (χ0) is 18.1. The summed E-state index contributed by atoms with van der Waals surface area (Å²) in [7, 11) is -3.55. The summed E-state index contributed by atoms with van der Waals surface area (Å²) in [5.74, 6) is -0.110. The SMILES string of the molecule is Cc1ccc(S(=O)(=O)NCCC(=O)NCC[NH+]2CCCCCC2)cc1. The first-order valence-electron chi connectivity index (χ1n) is 9.14. The molecule has 1 aliphatic heterocycles. The van der Waals surface area contributed by atoms with E-state index in [-0.39, 0.29) is 23.8 Å². The molecule has 1 aromatic rings. The van der Waals surface area contributed by atoms with Crippen molar-refractivity contribution in [2.24, 2.45) is 0 Å². The Morgan fingerprint density at radius 1 is 1.04 bits per heavy atom. The van der Waals surface area contributed by atoms with Crippen molar-refractivity contribution >= 4 is 15.9 Å². The second-order valence-electron chi connectivity index (χ2n) is 6.72. The molecule has 0 aromatic heterocycles. The van der Waals surface area contributed by atoms with Crippen LogP contribution in [0.2, 0.25) is 0 Å². The molecule has 3 N–H and O–H groups in total. The summed E-state index contributed by atoms with van der Waals surface area (Å²) in [4.78, 5) is 13.6. The summed E-state index contributed by atoms with van der Waals surface area (Å²) in [5.41, 5.74) is 1.00. The van der Waals surface area contributed by atoms with Crippen LogP contribution in [-0.4, -0.2) is 47.0 Å². The van der Waals surface area contributed by atoms with Crippen LogP contribution in [0.3, 0.4) is 0 Å². The van der Waals surface area contributed by atoms with Crippen LogP contribution in [0, 0.1) is 6.92 Å². The van der Waals surface area contributed by atoms with Gasteiger partial charge < -0.3 is 10.2 Å². The van der Waals surface area contributed by atoms with Crippen LogP contribution in [-0.2, 0) is 14.8 Å². The fourth-order valence-corrected chi connectivity index (χ4v) is 4.08. The molecule has 1 saturated heterocycles. The quantitative estimate of drug-likeness (QED) is 0.615. The van der Waals surface area contributed by atoms with E-state index in [1.165, 1.54) is 38.8 Å². The minimum atomic E-state index is -3.55. The molecule has 25 heavy (non-hydrogen) atoms. The van der Waals surface area contributed by atoms with Gasteiger partial charge in [-0.2, -0.15) is 0 Å². The van der Waals surface area contributed by atoms with Crippen LogP contribution in [0.1, 0.15) is 37.7 Å². The largest absolute Gasteiger partial charge is 0.350 e. The van der Waals surface area contributed by atoms with Crippen molar-refractivity contribution in [2.75, 3.05) is 32.7 Å². The predicted molar refractivity (Wildman–Crippen MR) is 98.0 cm³/mol. The number of rotatable bonds is 8. The third kappa shape index (κ3) is 7.13. The molecule has 2 rings (SSSR count). The van der Waals surface area contributed by atoms with Gasteiger partial charge in [0.2, 0.25) is 15.9 Å². The summed E-state index contributed by atoms with van der Waals surface area (Å²) in [6.07, 6.45) is 5.32. The van der Waals surface area contributed by atoms with Crippen molar-refractivity contribution in [3.8, 4) is 0 Å². The molecule has 0 aliphatic carbocycles. The Morgan fingerprint density at radius 2 is 1.68 bits per heavy atom. The van der Waals surface area contributed by atoms with E-state index in [0.29, 0.717) is 6.54 Å². The zero-order valence-electron chi connectivity index (χ0n) is 15.0. The van der Waals surface area contributed by atoms with Gasteiger partial charge in [-0.25, -0.2) is 13.1 Å². The molecule has 1 amide bonds. The highest BCUT2D eigenvalue weighted by Crippen LogP contribution is 2.09. The van der Waals surface area contributed by atoms with E-state index in [1.807, 2.05) is 6.92 Å². The van der Waals surface area contributed by atoms with Gasteiger partial charge >= 0.3 is 0 Å². The first kappa shape index (κ1) is 19.9. The van der Waals surface area contributed by atoms with E-state index in [2.05, 4.69) is 10.0 Å². The molecule has 1 aromatic carbocycles. The van der Waals surface area contributed by atoms with Gasteiger partial charge in [0.1, 0.15) is 0 Å². The second kappa shape index (κ2) is 9.89. The number of amides is 1. The third-order valence-corrected chi connectivity index (χ3v) is 6.06. The number of quaternary nitrogens is 1. The number of carbonyl (C=O) groups is 1.